The van der Waals surface area contributed by atoms with E-state index >= 15 is 0 Å². The zero-order chi connectivity index (χ0) is 13.8. The van der Waals surface area contributed by atoms with E-state index in [1.165, 1.54) is 5.69 Å². The van der Waals surface area contributed by atoms with Crippen LogP contribution in [0.4, 0.5) is 5.69 Å². The highest BCUT2D eigenvalue weighted by atomic mass is 16.5. The quantitative estimate of drug-likeness (QED) is 0.907. The van der Waals surface area contributed by atoms with Gasteiger partial charge in [-0.25, -0.2) is 0 Å². The Morgan fingerprint density at radius 3 is 2.53 bits per heavy atom. The van der Waals surface area contributed by atoms with Crippen molar-refractivity contribution in [3.05, 3.63) is 18.2 Å². The molecule has 4 heteroatoms. The maximum Gasteiger partial charge on any atom is 0.162 e. The van der Waals surface area contributed by atoms with Crippen LogP contribution in [0.1, 0.15) is 13.8 Å². The van der Waals surface area contributed by atoms with Gasteiger partial charge in [0.2, 0.25) is 0 Å². The number of rotatable bonds is 3. The maximum absolute atomic E-state index is 5.39. The fraction of sp³-hybridized carbons (Fsp3) is 0.600. The van der Waals surface area contributed by atoms with Gasteiger partial charge in [-0.1, -0.05) is 6.92 Å². The molecule has 0 aromatic heterocycles. The SMILES string of the molecule is COc1ccc(N2CC(C)CNC(C)C2)cc1OC. The Kier molecular flexibility index (Phi) is 4.53. The van der Waals surface area contributed by atoms with Gasteiger partial charge in [-0.15, -0.1) is 0 Å². The first-order chi connectivity index (χ1) is 9.13. The van der Waals surface area contributed by atoms with Gasteiger partial charge in [0, 0.05) is 30.9 Å². The Morgan fingerprint density at radius 2 is 1.84 bits per heavy atom. The van der Waals surface area contributed by atoms with E-state index in [0.29, 0.717) is 12.0 Å². The predicted octanol–water partition coefficient (Wildman–Crippen LogP) is 2.14. The molecular formula is C15H24N2O2. The molecule has 1 aliphatic rings. The number of hydrogen-bond acceptors (Lipinski definition) is 4. The van der Waals surface area contributed by atoms with Crippen LogP contribution in [-0.4, -0.2) is 39.9 Å². The van der Waals surface area contributed by atoms with Gasteiger partial charge in [0.15, 0.2) is 11.5 Å². The summed E-state index contributed by atoms with van der Waals surface area (Å²) in [6.07, 6.45) is 0. The third-order valence-corrected chi connectivity index (χ3v) is 3.57. The molecule has 4 nitrogen and oxygen atoms in total. The topological polar surface area (TPSA) is 33.7 Å². The standard InChI is InChI=1S/C15H24N2O2/c1-11-8-16-12(2)10-17(9-11)13-5-6-14(18-3)15(7-13)19-4/h5-7,11-12,16H,8-10H2,1-4H3. The lowest BCUT2D eigenvalue weighted by Gasteiger charge is -2.26. The highest BCUT2D eigenvalue weighted by molar-refractivity contribution is 5.56. The smallest absolute Gasteiger partial charge is 0.162 e. The summed E-state index contributed by atoms with van der Waals surface area (Å²) in [6.45, 7) is 7.65. The van der Waals surface area contributed by atoms with Crippen molar-refractivity contribution in [2.24, 2.45) is 5.92 Å². The first kappa shape index (κ1) is 14.0. The number of ether oxygens (including phenoxy) is 2. The molecule has 0 amide bonds. The van der Waals surface area contributed by atoms with Gasteiger partial charge in [0.05, 0.1) is 14.2 Å². The number of methoxy groups -OCH3 is 2. The largest absolute Gasteiger partial charge is 0.493 e. The van der Waals surface area contributed by atoms with Crippen LogP contribution < -0.4 is 19.7 Å². The van der Waals surface area contributed by atoms with E-state index in [9.17, 15) is 0 Å². The molecule has 0 spiro atoms. The Morgan fingerprint density at radius 1 is 1.11 bits per heavy atom. The molecule has 106 valence electrons. The first-order valence-corrected chi connectivity index (χ1v) is 6.84. The molecule has 0 radical (unpaired) electrons. The zero-order valence-corrected chi connectivity index (χ0v) is 12.3. The molecule has 0 bridgehead atoms. The van der Waals surface area contributed by atoms with E-state index in [1.807, 2.05) is 6.07 Å². The van der Waals surface area contributed by atoms with Crippen molar-refractivity contribution >= 4 is 5.69 Å². The second-order valence-electron chi connectivity index (χ2n) is 5.36. The van der Waals surface area contributed by atoms with Crippen LogP contribution >= 0.6 is 0 Å². The average molecular weight is 264 g/mol. The molecule has 1 heterocycles. The van der Waals surface area contributed by atoms with Crippen LogP contribution in [0, 0.1) is 5.92 Å². The molecule has 2 rings (SSSR count). The van der Waals surface area contributed by atoms with E-state index in [2.05, 4.69) is 36.2 Å². The lowest BCUT2D eigenvalue weighted by atomic mass is 10.1. The number of hydrogen-bond donors (Lipinski definition) is 1. The van der Waals surface area contributed by atoms with Gasteiger partial charge >= 0.3 is 0 Å². The van der Waals surface area contributed by atoms with E-state index < -0.39 is 0 Å². The molecule has 2 atom stereocenters. The average Bonchev–Trinajstić information content (AvgIpc) is 2.59. The van der Waals surface area contributed by atoms with E-state index in [4.69, 9.17) is 9.47 Å². The van der Waals surface area contributed by atoms with E-state index in [-0.39, 0.29) is 0 Å². The van der Waals surface area contributed by atoms with Gasteiger partial charge in [-0.2, -0.15) is 0 Å². The van der Waals surface area contributed by atoms with Crippen molar-refractivity contribution in [2.45, 2.75) is 19.9 Å². The first-order valence-electron chi connectivity index (χ1n) is 6.84. The van der Waals surface area contributed by atoms with Crippen LogP contribution in [0.2, 0.25) is 0 Å². The molecule has 1 saturated heterocycles. The van der Waals surface area contributed by atoms with Crippen LogP contribution in [-0.2, 0) is 0 Å². The minimum absolute atomic E-state index is 0.498. The van der Waals surface area contributed by atoms with Crippen LogP contribution in [0.3, 0.4) is 0 Å². The molecule has 2 unspecified atom stereocenters. The Bertz CT molecular complexity index is 411. The lowest BCUT2D eigenvalue weighted by Crippen LogP contribution is -2.35. The Balaban J connectivity index is 2.24. The molecule has 1 N–H and O–H groups in total. The molecule has 0 aliphatic carbocycles. The van der Waals surface area contributed by atoms with Crippen LogP contribution in [0.5, 0.6) is 11.5 Å². The van der Waals surface area contributed by atoms with Crippen LogP contribution in [0.25, 0.3) is 0 Å². The van der Waals surface area contributed by atoms with Crippen molar-refractivity contribution in [1.82, 2.24) is 5.32 Å². The summed E-state index contributed by atoms with van der Waals surface area (Å²) in [7, 11) is 3.34. The third-order valence-electron chi connectivity index (χ3n) is 3.57. The number of nitrogens with one attached hydrogen (secondary N) is 1. The highest BCUT2D eigenvalue weighted by Gasteiger charge is 2.19. The minimum Gasteiger partial charge on any atom is -0.493 e. The maximum atomic E-state index is 5.39. The normalized spacial score (nSPS) is 23.9. The van der Waals surface area contributed by atoms with Crippen molar-refractivity contribution < 1.29 is 9.47 Å². The van der Waals surface area contributed by atoms with Crippen molar-refractivity contribution in [1.29, 1.82) is 0 Å². The van der Waals surface area contributed by atoms with Gasteiger partial charge in [-0.3, -0.25) is 0 Å². The monoisotopic (exact) mass is 264 g/mol. The number of nitrogens with zero attached hydrogens (tertiary/aromatic N) is 1. The summed E-state index contributed by atoms with van der Waals surface area (Å²) >= 11 is 0. The highest BCUT2D eigenvalue weighted by Crippen LogP contribution is 2.32. The molecule has 1 aliphatic heterocycles. The van der Waals surface area contributed by atoms with Gasteiger partial charge in [0.25, 0.3) is 0 Å². The Labute approximate surface area is 115 Å². The van der Waals surface area contributed by atoms with Gasteiger partial charge in [0.1, 0.15) is 0 Å². The fourth-order valence-corrected chi connectivity index (χ4v) is 2.55. The minimum atomic E-state index is 0.498. The van der Waals surface area contributed by atoms with Gasteiger partial charge in [-0.05, 0) is 31.5 Å². The number of benzene rings is 1. The number of anilines is 1. The molecule has 19 heavy (non-hydrogen) atoms. The summed E-state index contributed by atoms with van der Waals surface area (Å²) < 4.78 is 10.7. The predicted molar refractivity (Wildman–Crippen MR) is 78.4 cm³/mol. The molecular weight excluding hydrogens is 240 g/mol. The third kappa shape index (κ3) is 3.32. The van der Waals surface area contributed by atoms with Crippen molar-refractivity contribution in [3.8, 4) is 11.5 Å². The molecule has 1 fully saturated rings. The van der Waals surface area contributed by atoms with E-state index in [1.54, 1.807) is 14.2 Å². The molecule has 1 aromatic rings. The summed E-state index contributed by atoms with van der Waals surface area (Å²) in [4.78, 5) is 2.41. The second-order valence-corrected chi connectivity index (χ2v) is 5.36. The summed E-state index contributed by atoms with van der Waals surface area (Å²) in [5.74, 6) is 2.20. The lowest BCUT2D eigenvalue weighted by molar-refractivity contribution is 0.355. The summed E-state index contributed by atoms with van der Waals surface area (Å²) in [5, 5.41) is 3.55. The summed E-state index contributed by atoms with van der Waals surface area (Å²) in [6, 6.07) is 6.63. The van der Waals surface area contributed by atoms with Crippen molar-refractivity contribution in [3.63, 3.8) is 0 Å². The fourth-order valence-electron chi connectivity index (χ4n) is 2.55. The summed E-state index contributed by atoms with van der Waals surface area (Å²) in [5.41, 5.74) is 1.19. The van der Waals surface area contributed by atoms with Crippen LogP contribution in [0.15, 0.2) is 18.2 Å². The second kappa shape index (κ2) is 6.15. The molecule has 0 saturated carbocycles. The Hall–Kier alpha value is -1.42. The van der Waals surface area contributed by atoms with Crippen molar-refractivity contribution in [2.75, 3.05) is 38.8 Å². The van der Waals surface area contributed by atoms with Gasteiger partial charge < -0.3 is 19.7 Å². The zero-order valence-electron chi connectivity index (χ0n) is 12.3. The molecule has 1 aromatic carbocycles. The van der Waals surface area contributed by atoms with E-state index in [0.717, 1.165) is 31.1 Å².